The van der Waals surface area contributed by atoms with Gasteiger partial charge in [-0.25, -0.2) is 9.48 Å². The third kappa shape index (κ3) is 5.46. The normalized spacial score (nSPS) is 13.7. The smallest absolute Gasteiger partial charge is 0.330 e. The predicted molar refractivity (Wildman–Crippen MR) is 132 cm³/mol. The summed E-state index contributed by atoms with van der Waals surface area (Å²) in [6, 6.07) is 16.9. The van der Waals surface area contributed by atoms with Gasteiger partial charge in [0.2, 0.25) is 0 Å². The molecule has 0 spiro atoms. The Morgan fingerprint density at radius 1 is 0.857 bits per heavy atom. The van der Waals surface area contributed by atoms with Crippen molar-refractivity contribution in [3.05, 3.63) is 72.1 Å². The number of benzene rings is 2. The first kappa shape index (κ1) is 23.9. The summed E-state index contributed by atoms with van der Waals surface area (Å²) in [6.07, 6.45) is 2.82. The third-order valence-electron chi connectivity index (χ3n) is 5.81. The molecule has 1 aliphatic rings. The highest BCUT2D eigenvalue weighted by molar-refractivity contribution is 5.94. The molecular weight excluding hydrogens is 448 g/mol. The monoisotopic (exact) mass is 476 g/mol. The summed E-state index contributed by atoms with van der Waals surface area (Å²) in [5, 5.41) is 4.54. The Morgan fingerprint density at radius 3 is 2.11 bits per heavy atom. The number of piperazine rings is 1. The van der Waals surface area contributed by atoms with E-state index < -0.39 is 5.97 Å². The summed E-state index contributed by atoms with van der Waals surface area (Å²) in [6.45, 7) is 2.42. The number of anilines is 1. The first-order valence-corrected chi connectivity index (χ1v) is 11.2. The van der Waals surface area contributed by atoms with E-state index in [2.05, 4.69) is 14.7 Å². The molecule has 3 aromatic rings. The lowest BCUT2D eigenvalue weighted by Crippen LogP contribution is -2.49. The number of carbonyl (C=O) groups is 2. The molecule has 2 aromatic carbocycles. The van der Waals surface area contributed by atoms with Crippen LogP contribution < -0.4 is 14.4 Å². The molecule has 182 valence electrons. The summed E-state index contributed by atoms with van der Waals surface area (Å²) >= 11 is 0. The Bertz CT molecular complexity index is 1190. The number of nitrogens with zero attached hydrogens (tertiary/aromatic N) is 4. The van der Waals surface area contributed by atoms with Gasteiger partial charge in [-0.2, -0.15) is 5.10 Å². The molecule has 4 rings (SSSR count). The molecular formula is C26H28N4O5. The Kier molecular flexibility index (Phi) is 7.35. The van der Waals surface area contributed by atoms with Crippen LogP contribution in [0.2, 0.25) is 0 Å². The van der Waals surface area contributed by atoms with Gasteiger partial charge in [0.15, 0.2) is 0 Å². The van der Waals surface area contributed by atoms with Crippen LogP contribution in [0.25, 0.3) is 11.8 Å². The molecule has 1 aliphatic heterocycles. The number of rotatable bonds is 7. The van der Waals surface area contributed by atoms with E-state index in [0.717, 1.165) is 22.9 Å². The highest BCUT2D eigenvalue weighted by Crippen LogP contribution is 2.29. The molecule has 9 nitrogen and oxygen atoms in total. The van der Waals surface area contributed by atoms with Gasteiger partial charge in [0.1, 0.15) is 17.2 Å². The number of hydrogen-bond donors (Lipinski definition) is 0. The molecule has 1 aromatic heterocycles. The van der Waals surface area contributed by atoms with Crippen LogP contribution in [-0.4, -0.2) is 74.1 Å². The van der Waals surface area contributed by atoms with Crippen molar-refractivity contribution in [3.8, 4) is 17.2 Å². The fourth-order valence-corrected chi connectivity index (χ4v) is 3.93. The fraction of sp³-hybridized carbons (Fsp3) is 0.269. The largest absolute Gasteiger partial charge is 0.497 e. The van der Waals surface area contributed by atoms with Crippen molar-refractivity contribution in [3.63, 3.8) is 0 Å². The van der Waals surface area contributed by atoms with Gasteiger partial charge in [-0.1, -0.05) is 18.2 Å². The minimum Gasteiger partial charge on any atom is -0.497 e. The van der Waals surface area contributed by atoms with E-state index in [4.69, 9.17) is 9.47 Å². The Morgan fingerprint density at radius 2 is 1.51 bits per heavy atom. The summed E-state index contributed by atoms with van der Waals surface area (Å²) < 4.78 is 17.0. The second kappa shape index (κ2) is 10.8. The van der Waals surface area contributed by atoms with Crippen LogP contribution in [0.15, 0.2) is 60.7 Å². The molecule has 0 atom stereocenters. The quantitative estimate of drug-likeness (QED) is 0.383. The van der Waals surface area contributed by atoms with Gasteiger partial charge in [-0.3, -0.25) is 4.79 Å². The van der Waals surface area contributed by atoms with Gasteiger partial charge in [0.25, 0.3) is 5.91 Å². The third-order valence-corrected chi connectivity index (χ3v) is 5.81. The van der Waals surface area contributed by atoms with E-state index >= 15 is 0 Å². The number of para-hydroxylation sites is 1. The lowest BCUT2D eigenvalue weighted by atomic mass is 10.2. The number of aromatic nitrogens is 2. The van der Waals surface area contributed by atoms with Crippen molar-refractivity contribution in [1.29, 1.82) is 0 Å². The molecule has 35 heavy (non-hydrogen) atoms. The Balaban J connectivity index is 1.54. The lowest BCUT2D eigenvalue weighted by molar-refractivity contribution is -0.134. The Hall–Kier alpha value is -4.27. The second-order valence-electron chi connectivity index (χ2n) is 7.91. The van der Waals surface area contributed by atoms with Crippen LogP contribution in [0.3, 0.4) is 0 Å². The Labute approximate surface area is 204 Å². The van der Waals surface area contributed by atoms with Crippen molar-refractivity contribution in [1.82, 2.24) is 14.7 Å². The van der Waals surface area contributed by atoms with E-state index in [-0.39, 0.29) is 5.91 Å². The molecule has 2 heterocycles. The number of methoxy groups -OCH3 is 3. The van der Waals surface area contributed by atoms with Gasteiger partial charge in [-0.05, 0) is 24.3 Å². The average Bonchev–Trinajstić information content (AvgIpc) is 3.35. The number of carbonyl (C=O) groups excluding carboxylic acids is 2. The summed E-state index contributed by atoms with van der Waals surface area (Å²) in [5.74, 6) is 0.827. The van der Waals surface area contributed by atoms with Crippen molar-refractivity contribution in [2.75, 3.05) is 52.4 Å². The van der Waals surface area contributed by atoms with E-state index in [0.29, 0.717) is 37.6 Å². The molecule has 0 saturated carbocycles. The maximum Gasteiger partial charge on any atom is 0.330 e. The van der Waals surface area contributed by atoms with Gasteiger partial charge < -0.3 is 24.0 Å². The molecule has 0 N–H and O–H groups in total. The zero-order chi connectivity index (χ0) is 24.8. The summed E-state index contributed by atoms with van der Waals surface area (Å²) in [4.78, 5) is 29.1. The van der Waals surface area contributed by atoms with Gasteiger partial charge in [0, 0.05) is 56.1 Å². The highest BCUT2D eigenvalue weighted by atomic mass is 16.5. The minimum absolute atomic E-state index is 0.123. The van der Waals surface area contributed by atoms with E-state index in [9.17, 15) is 9.59 Å². The van der Waals surface area contributed by atoms with Crippen LogP contribution in [0.4, 0.5) is 5.69 Å². The van der Waals surface area contributed by atoms with Crippen LogP contribution in [0.1, 0.15) is 16.2 Å². The molecule has 1 amide bonds. The van der Waals surface area contributed by atoms with Crippen LogP contribution in [0, 0.1) is 0 Å². The van der Waals surface area contributed by atoms with Crippen LogP contribution >= 0.6 is 0 Å². The summed E-state index contributed by atoms with van der Waals surface area (Å²) in [7, 11) is 4.56. The molecule has 1 fully saturated rings. The van der Waals surface area contributed by atoms with Crippen molar-refractivity contribution >= 4 is 23.6 Å². The minimum atomic E-state index is -0.488. The first-order chi connectivity index (χ1) is 17.0. The van der Waals surface area contributed by atoms with E-state index in [1.807, 2.05) is 53.4 Å². The van der Waals surface area contributed by atoms with Crippen molar-refractivity contribution < 1.29 is 23.8 Å². The SMILES string of the molecule is COC(=O)C=Cc1cc(C(=O)N2CCN(c3cc(OC)cc(OC)c3)CC2)n(-c2ccccc2)n1. The molecule has 1 saturated heterocycles. The highest BCUT2D eigenvalue weighted by Gasteiger charge is 2.26. The van der Waals surface area contributed by atoms with E-state index in [1.165, 1.54) is 19.3 Å². The van der Waals surface area contributed by atoms with Gasteiger partial charge in [0.05, 0.1) is 32.7 Å². The average molecular weight is 477 g/mol. The second-order valence-corrected chi connectivity index (χ2v) is 7.91. The molecule has 9 heteroatoms. The molecule has 0 unspecified atom stereocenters. The van der Waals surface area contributed by atoms with E-state index in [1.54, 1.807) is 25.0 Å². The van der Waals surface area contributed by atoms with Crippen LogP contribution in [0.5, 0.6) is 11.5 Å². The zero-order valence-electron chi connectivity index (χ0n) is 20.0. The lowest BCUT2D eigenvalue weighted by Gasteiger charge is -2.36. The zero-order valence-corrected chi connectivity index (χ0v) is 20.0. The number of esters is 1. The maximum atomic E-state index is 13.5. The molecule has 0 radical (unpaired) electrons. The maximum absolute atomic E-state index is 13.5. The number of amides is 1. The topological polar surface area (TPSA) is 86.1 Å². The molecule has 0 bridgehead atoms. The fourth-order valence-electron chi connectivity index (χ4n) is 3.93. The predicted octanol–water partition coefficient (Wildman–Crippen LogP) is 3.04. The van der Waals surface area contributed by atoms with Crippen molar-refractivity contribution in [2.24, 2.45) is 0 Å². The number of ether oxygens (including phenoxy) is 3. The first-order valence-electron chi connectivity index (χ1n) is 11.2. The van der Waals surface area contributed by atoms with Crippen LogP contribution in [-0.2, 0) is 9.53 Å². The summed E-state index contributed by atoms with van der Waals surface area (Å²) in [5.41, 5.74) is 2.66. The number of hydrogen-bond acceptors (Lipinski definition) is 7. The van der Waals surface area contributed by atoms with Gasteiger partial charge in [-0.15, -0.1) is 0 Å². The molecule has 0 aliphatic carbocycles. The standard InChI is InChI=1S/C26H28N4O5/c1-33-22-16-21(17-23(18-22)34-2)28-11-13-29(14-12-28)26(32)24-15-19(9-10-25(31)35-3)27-30(24)20-7-5-4-6-8-20/h4-10,15-18H,11-14H2,1-3H3. The van der Waals surface area contributed by atoms with Crippen molar-refractivity contribution in [2.45, 2.75) is 0 Å². The van der Waals surface area contributed by atoms with Gasteiger partial charge >= 0.3 is 5.97 Å².